The molecular weight excluding hydrogens is 364 g/mol. The van der Waals surface area contributed by atoms with Crippen LogP contribution in [0.2, 0.25) is 0 Å². The Hall–Kier alpha value is -0.0217. The predicted molar refractivity (Wildman–Crippen MR) is 41.7 cm³/mol. The molecular formula is C7H4Cl2NPt. The molecule has 0 aliphatic rings. The van der Waals surface area contributed by atoms with E-state index in [0.29, 0.717) is 5.56 Å². The van der Waals surface area contributed by atoms with Crippen molar-refractivity contribution in [3.8, 4) is 6.07 Å². The molecule has 0 heterocycles. The summed E-state index contributed by atoms with van der Waals surface area (Å²) in [5.74, 6) is 0. The van der Waals surface area contributed by atoms with E-state index < -0.39 is 16.5 Å². The topological polar surface area (TPSA) is 23.8 Å². The van der Waals surface area contributed by atoms with Crippen molar-refractivity contribution in [1.29, 1.82) is 5.26 Å². The molecule has 1 rings (SSSR count). The van der Waals surface area contributed by atoms with Crippen LogP contribution in [-0.2, 0) is 16.5 Å². The third-order valence-corrected chi connectivity index (χ3v) is 0.847. The second-order valence-electron chi connectivity index (χ2n) is 1.45. The van der Waals surface area contributed by atoms with Gasteiger partial charge in [-0.15, -0.1) is 0 Å². The van der Waals surface area contributed by atoms with Crippen molar-refractivity contribution in [3.05, 3.63) is 35.9 Å². The van der Waals surface area contributed by atoms with Crippen molar-refractivity contribution in [1.82, 2.24) is 0 Å². The first-order valence-electron chi connectivity index (χ1n) is 2.53. The first kappa shape index (κ1) is 11.0. The van der Waals surface area contributed by atoms with Crippen molar-refractivity contribution in [2.24, 2.45) is 0 Å². The summed E-state index contributed by atoms with van der Waals surface area (Å²) in [5, 5.41) is 8.27. The molecule has 1 nitrogen and oxygen atoms in total. The molecule has 0 spiro atoms. The van der Waals surface area contributed by atoms with Gasteiger partial charge in [0.15, 0.2) is 0 Å². The fourth-order valence-electron chi connectivity index (χ4n) is 0.461. The van der Waals surface area contributed by atoms with Crippen LogP contribution in [0.25, 0.3) is 0 Å². The summed E-state index contributed by atoms with van der Waals surface area (Å²) in [6, 6.07) is 11.7. The van der Waals surface area contributed by atoms with E-state index in [1.165, 1.54) is 0 Å². The number of benzene rings is 1. The van der Waals surface area contributed by atoms with Crippen LogP contribution in [0.4, 0.5) is 0 Å². The average Bonchev–Trinajstić information content (AvgIpc) is 2.08. The zero-order chi connectivity index (χ0) is 8.53. The van der Waals surface area contributed by atoms with Crippen LogP contribution < -0.4 is 0 Å². The van der Waals surface area contributed by atoms with Crippen LogP contribution >= 0.6 is 18.8 Å². The quantitative estimate of drug-likeness (QED) is 0.691. The molecule has 61 valence electrons. The van der Waals surface area contributed by atoms with Gasteiger partial charge >= 0.3 is 35.3 Å². The maximum atomic E-state index is 8.27. The second kappa shape index (κ2) is 8.08. The average molecular weight is 368 g/mol. The summed E-state index contributed by atoms with van der Waals surface area (Å²) in [4.78, 5) is 0. The van der Waals surface area contributed by atoms with Gasteiger partial charge in [0, 0.05) is 0 Å². The van der Waals surface area contributed by atoms with E-state index >= 15 is 0 Å². The molecule has 0 unspecified atom stereocenters. The second-order valence-corrected chi connectivity index (χ2v) is 4.73. The monoisotopic (exact) mass is 367 g/mol. The van der Waals surface area contributed by atoms with E-state index in [0.717, 1.165) is 0 Å². The van der Waals surface area contributed by atoms with Gasteiger partial charge in [-0.1, -0.05) is 12.1 Å². The number of hydrogen-bond acceptors (Lipinski definition) is 1. The molecule has 4 heteroatoms. The van der Waals surface area contributed by atoms with Gasteiger partial charge in [-0.05, 0) is 18.2 Å². The molecule has 0 saturated heterocycles. The molecule has 0 N–H and O–H groups in total. The molecule has 0 amide bonds. The number of hydrogen-bond donors (Lipinski definition) is 0. The van der Waals surface area contributed by atoms with E-state index in [9.17, 15) is 0 Å². The van der Waals surface area contributed by atoms with Gasteiger partial charge in [-0.2, -0.15) is 5.26 Å². The van der Waals surface area contributed by atoms with Crippen LogP contribution in [0, 0.1) is 17.4 Å². The molecule has 1 radical (unpaired) electrons. The van der Waals surface area contributed by atoms with Crippen LogP contribution in [0.5, 0.6) is 0 Å². The van der Waals surface area contributed by atoms with E-state index in [-0.39, 0.29) is 0 Å². The first-order valence-corrected chi connectivity index (χ1v) is 8.16. The van der Waals surface area contributed by atoms with E-state index in [1.807, 2.05) is 6.07 Å². The molecule has 0 aliphatic heterocycles. The van der Waals surface area contributed by atoms with Crippen LogP contribution in [-0.4, -0.2) is 0 Å². The summed E-state index contributed by atoms with van der Waals surface area (Å²) < 4.78 is 0. The summed E-state index contributed by atoms with van der Waals surface area (Å²) >= 11 is -0.472. The van der Waals surface area contributed by atoms with Crippen LogP contribution in [0.1, 0.15) is 5.56 Å². The van der Waals surface area contributed by atoms with Crippen molar-refractivity contribution in [3.63, 3.8) is 0 Å². The zero-order valence-corrected chi connectivity index (χ0v) is 9.11. The van der Waals surface area contributed by atoms with Crippen LogP contribution in [0.15, 0.2) is 24.3 Å². The number of rotatable bonds is 0. The Labute approximate surface area is 82.3 Å². The van der Waals surface area contributed by atoms with E-state index in [1.54, 1.807) is 24.3 Å². The minimum atomic E-state index is -0.472. The van der Waals surface area contributed by atoms with Gasteiger partial charge in [0.1, 0.15) is 0 Å². The Morgan fingerprint density at radius 1 is 1.36 bits per heavy atom. The van der Waals surface area contributed by atoms with Crippen molar-refractivity contribution < 1.29 is 16.5 Å². The van der Waals surface area contributed by atoms with E-state index in [2.05, 4.69) is 6.07 Å². The Bertz CT molecular complexity index is 220. The molecule has 11 heavy (non-hydrogen) atoms. The number of nitrogens with zero attached hydrogens (tertiary/aromatic N) is 1. The normalized spacial score (nSPS) is 7.73. The Balaban J connectivity index is 0.000000292. The zero-order valence-electron chi connectivity index (χ0n) is 5.33. The molecule has 0 saturated carbocycles. The minimum absolute atomic E-state index is 0.472. The molecule has 1 aromatic rings. The van der Waals surface area contributed by atoms with Gasteiger partial charge in [-0.3, -0.25) is 0 Å². The summed E-state index contributed by atoms with van der Waals surface area (Å²) in [6.45, 7) is 0. The van der Waals surface area contributed by atoms with Gasteiger partial charge in [-0.25, -0.2) is 0 Å². The van der Waals surface area contributed by atoms with Crippen molar-refractivity contribution in [2.45, 2.75) is 0 Å². The Kier molecular flexibility index (Phi) is 8.06. The molecule has 0 aromatic heterocycles. The van der Waals surface area contributed by atoms with Crippen LogP contribution in [0.3, 0.4) is 0 Å². The van der Waals surface area contributed by atoms with Crippen molar-refractivity contribution >= 4 is 18.8 Å². The third kappa shape index (κ3) is 6.38. The maximum absolute atomic E-state index is 8.27. The van der Waals surface area contributed by atoms with Gasteiger partial charge in [0.25, 0.3) is 0 Å². The first-order chi connectivity index (χ1) is 5.35. The fraction of sp³-hybridized carbons (Fsp3) is 0. The third-order valence-electron chi connectivity index (χ3n) is 0.847. The summed E-state index contributed by atoms with van der Waals surface area (Å²) in [6.07, 6.45) is 0. The fourth-order valence-corrected chi connectivity index (χ4v) is 0.461. The summed E-state index contributed by atoms with van der Waals surface area (Å²) in [5.41, 5.74) is 0.684. The van der Waals surface area contributed by atoms with Gasteiger partial charge < -0.3 is 0 Å². The standard InChI is InChI=1S/C7H4N.2ClH.Pt/c8-6-7-4-2-1-3-5-7;;;/h2-5H;2*1H;/q;;;+2/p-2. The van der Waals surface area contributed by atoms with Crippen molar-refractivity contribution in [2.75, 3.05) is 0 Å². The molecule has 1 aromatic carbocycles. The Morgan fingerprint density at radius 2 is 1.82 bits per heavy atom. The van der Waals surface area contributed by atoms with Gasteiger partial charge in [0.2, 0.25) is 0 Å². The molecule has 0 fully saturated rings. The number of halogens is 2. The summed E-state index contributed by atoms with van der Waals surface area (Å²) in [7, 11) is 9.75. The molecule has 0 bridgehead atoms. The Morgan fingerprint density at radius 3 is 2.09 bits per heavy atom. The predicted octanol–water partition coefficient (Wildman–Crippen LogP) is 2.73. The van der Waals surface area contributed by atoms with Gasteiger partial charge in [0.05, 0.1) is 11.6 Å². The number of nitriles is 1. The molecule has 0 atom stereocenters. The van der Waals surface area contributed by atoms with E-state index in [4.69, 9.17) is 24.1 Å². The SMILES string of the molecule is N#Cc1cc[c]cc1.[Cl][Pt][Cl]. The molecule has 0 aliphatic carbocycles.